The molecule has 4 rings (SSSR count). The first-order valence-electron chi connectivity index (χ1n) is 9.37. The van der Waals surface area contributed by atoms with Gasteiger partial charge in [0.25, 0.3) is 5.91 Å². The van der Waals surface area contributed by atoms with Gasteiger partial charge in [-0.1, -0.05) is 24.3 Å². The fourth-order valence-electron chi connectivity index (χ4n) is 2.83. The maximum absolute atomic E-state index is 13.1. The maximum atomic E-state index is 13.1. The van der Waals surface area contributed by atoms with Gasteiger partial charge in [0.05, 0.1) is 31.0 Å². The van der Waals surface area contributed by atoms with E-state index in [1.165, 1.54) is 35.0 Å². The van der Waals surface area contributed by atoms with Gasteiger partial charge in [0.2, 0.25) is 0 Å². The number of thioether (sulfide) groups is 1. The second kappa shape index (κ2) is 9.44. The monoisotopic (exact) mass is 435 g/mol. The number of carbonyl (C=O) groups is 1. The molecule has 2 aromatic carbocycles. The van der Waals surface area contributed by atoms with Crippen LogP contribution in [0.15, 0.2) is 86.5 Å². The van der Waals surface area contributed by atoms with Crippen LogP contribution in [0.2, 0.25) is 0 Å². The summed E-state index contributed by atoms with van der Waals surface area (Å²) in [4.78, 5) is 15.1. The fourth-order valence-corrected chi connectivity index (χ4v) is 3.76. The molecule has 1 fully saturated rings. The van der Waals surface area contributed by atoms with Crippen molar-refractivity contribution in [3.05, 3.63) is 94.5 Å². The Bertz CT molecular complexity index is 1140. The smallest absolute Gasteiger partial charge is 0.267 e. The summed E-state index contributed by atoms with van der Waals surface area (Å²) in [5, 5.41) is 8.74. The number of hydrogen-bond acceptors (Lipinski definition) is 6. The Hall–Kier alpha value is -3.65. The maximum Gasteiger partial charge on any atom is 0.267 e. The normalized spacial score (nSPS) is 16.7. The number of carbonyl (C=O) groups excluding carboxylic acids is 1. The lowest BCUT2D eigenvalue weighted by Gasteiger charge is -2.12. The van der Waals surface area contributed by atoms with E-state index < -0.39 is 0 Å². The van der Waals surface area contributed by atoms with Crippen molar-refractivity contribution in [3.63, 3.8) is 0 Å². The van der Waals surface area contributed by atoms with Crippen molar-refractivity contribution < 1.29 is 18.3 Å². The molecule has 1 saturated heterocycles. The highest BCUT2D eigenvalue weighted by molar-refractivity contribution is 8.18. The molecular formula is C23H18FN3O3S. The van der Waals surface area contributed by atoms with Gasteiger partial charge < -0.3 is 9.15 Å². The Morgan fingerprint density at radius 2 is 1.84 bits per heavy atom. The van der Waals surface area contributed by atoms with Crippen LogP contribution in [0.3, 0.4) is 0 Å². The Balaban J connectivity index is 1.59. The number of benzene rings is 2. The van der Waals surface area contributed by atoms with E-state index in [0.29, 0.717) is 21.4 Å². The fraction of sp³-hybridized carbons (Fsp3) is 0.0870. The lowest BCUT2D eigenvalue weighted by atomic mass is 10.2. The van der Waals surface area contributed by atoms with Gasteiger partial charge in [-0.05, 0) is 65.4 Å². The molecule has 1 aromatic heterocycles. The second-order valence-electron chi connectivity index (χ2n) is 6.53. The van der Waals surface area contributed by atoms with E-state index in [2.05, 4.69) is 10.2 Å². The van der Waals surface area contributed by atoms with E-state index in [1.807, 2.05) is 24.3 Å². The van der Waals surface area contributed by atoms with Crippen molar-refractivity contribution >= 4 is 35.1 Å². The van der Waals surface area contributed by atoms with Crippen LogP contribution in [0.25, 0.3) is 6.08 Å². The molecule has 1 aliphatic rings. The van der Waals surface area contributed by atoms with Gasteiger partial charge in [0, 0.05) is 0 Å². The van der Waals surface area contributed by atoms with Crippen LogP contribution in [0.5, 0.6) is 5.75 Å². The summed E-state index contributed by atoms with van der Waals surface area (Å²) in [6.45, 7) is 0.240. The molecule has 0 radical (unpaired) electrons. The molecule has 0 N–H and O–H groups in total. The van der Waals surface area contributed by atoms with Crippen LogP contribution in [0.4, 0.5) is 4.39 Å². The van der Waals surface area contributed by atoms with Crippen molar-refractivity contribution in [2.45, 2.75) is 6.54 Å². The number of methoxy groups -OCH3 is 1. The van der Waals surface area contributed by atoms with E-state index in [1.54, 1.807) is 43.7 Å². The molecule has 0 atom stereocenters. The molecule has 2 heterocycles. The summed E-state index contributed by atoms with van der Waals surface area (Å²) < 4.78 is 23.6. The summed E-state index contributed by atoms with van der Waals surface area (Å²) in [5.74, 6) is 0.866. The SMILES string of the molecule is COc1ccc(/C=C2\S/C(=N\N=C\c3ccc(F)cc3)N(Cc3ccco3)C2=O)cc1. The van der Waals surface area contributed by atoms with E-state index >= 15 is 0 Å². The zero-order valence-electron chi connectivity index (χ0n) is 16.6. The number of amides is 1. The number of ether oxygens (including phenoxy) is 1. The zero-order valence-corrected chi connectivity index (χ0v) is 17.4. The van der Waals surface area contributed by atoms with Gasteiger partial charge in [0.15, 0.2) is 5.17 Å². The Morgan fingerprint density at radius 3 is 2.52 bits per heavy atom. The lowest BCUT2D eigenvalue weighted by molar-refractivity contribution is -0.122. The summed E-state index contributed by atoms with van der Waals surface area (Å²) in [5.41, 5.74) is 1.57. The predicted octanol–water partition coefficient (Wildman–Crippen LogP) is 4.93. The number of halogens is 1. The van der Waals surface area contributed by atoms with Crippen LogP contribution < -0.4 is 4.74 Å². The molecule has 6 nitrogen and oxygen atoms in total. The molecule has 0 unspecified atom stereocenters. The average Bonchev–Trinajstić information content (AvgIpc) is 3.40. The summed E-state index contributed by atoms with van der Waals surface area (Å²) >= 11 is 1.23. The molecular weight excluding hydrogens is 417 g/mol. The molecule has 8 heteroatoms. The third-order valence-corrected chi connectivity index (χ3v) is 5.41. The van der Waals surface area contributed by atoms with Crippen molar-refractivity contribution in [2.24, 2.45) is 10.2 Å². The third kappa shape index (κ3) is 5.10. The first kappa shape index (κ1) is 20.6. The molecule has 3 aromatic rings. The van der Waals surface area contributed by atoms with Gasteiger partial charge in [-0.25, -0.2) is 4.39 Å². The summed E-state index contributed by atoms with van der Waals surface area (Å²) in [6.07, 6.45) is 4.86. The van der Waals surface area contributed by atoms with Crippen LogP contribution in [-0.4, -0.2) is 29.3 Å². The second-order valence-corrected chi connectivity index (χ2v) is 7.54. The number of nitrogens with zero attached hydrogens (tertiary/aromatic N) is 3. The number of amidine groups is 1. The average molecular weight is 435 g/mol. The van der Waals surface area contributed by atoms with Crippen molar-refractivity contribution in [1.82, 2.24) is 4.90 Å². The van der Waals surface area contributed by atoms with Gasteiger partial charge in [-0.2, -0.15) is 5.10 Å². The molecule has 31 heavy (non-hydrogen) atoms. The predicted molar refractivity (Wildman–Crippen MR) is 119 cm³/mol. The summed E-state index contributed by atoms with van der Waals surface area (Å²) in [6, 6.07) is 16.9. The number of hydrogen-bond donors (Lipinski definition) is 0. The van der Waals surface area contributed by atoms with Crippen molar-refractivity contribution in [2.75, 3.05) is 7.11 Å². The topological polar surface area (TPSA) is 67.4 Å². The number of rotatable bonds is 6. The number of furan rings is 1. The Labute approximate surface area is 182 Å². The van der Waals surface area contributed by atoms with Crippen molar-refractivity contribution in [3.8, 4) is 5.75 Å². The van der Waals surface area contributed by atoms with Crippen LogP contribution in [-0.2, 0) is 11.3 Å². The highest BCUT2D eigenvalue weighted by atomic mass is 32.2. The zero-order chi connectivity index (χ0) is 21.6. The van der Waals surface area contributed by atoms with Gasteiger partial charge in [-0.15, -0.1) is 5.10 Å². The van der Waals surface area contributed by atoms with Crippen LogP contribution >= 0.6 is 11.8 Å². The molecule has 1 amide bonds. The Morgan fingerprint density at radius 1 is 1.10 bits per heavy atom. The minimum absolute atomic E-state index is 0.187. The largest absolute Gasteiger partial charge is 0.497 e. The summed E-state index contributed by atoms with van der Waals surface area (Å²) in [7, 11) is 1.60. The third-order valence-electron chi connectivity index (χ3n) is 4.42. The van der Waals surface area contributed by atoms with E-state index in [0.717, 1.165) is 11.3 Å². The molecule has 1 aliphatic heterocycles. The highest BCUT2D eigenvalue weighted by Gasteiger charge is 2.34. The quantitative estimate of drug-likeness (QED) is 0.313. The first-order valence-corrected chi connectivity index (χ1v) is 10.2. The minimum Gasteiger partial charge on any atom is -0.497 e. The van der Waals surface area contributed by atoms with Crippen molar-refractivity contribution in [1.29, 1.82) is 0 Å². The molecule has 0 aliphatic carbocycles. The van der Waals surface area contributed by atoms with Crippen LogP contribution in [0, 0.1) is 5.82 Å². The van der Waals surface area contributed by atoms with Gasteiger partial charge >= 0.3 is 0 Å². The van der Waals surface area contributed by atoms with Gasteiger partial charge in [0.1, 0.15) is 17.3 Å². The van der Waals surface area contributed by atoms with E-state index in [-0.39, 0.29) is 18.3 Å². The lowest BCUT2D eigenvalue weighted by Crippen LogP contribution is -2.28. The van der Waals surface area contributed by atoms with Gasteiger partial charge in [-0.3, -0.25) is 9.69 Å². The molecule has 0 bridgehead atoms. The first-order chi connectivity index (χ1) is 15.1. The minimum atomic E-state index is -0.321. The molecule has 0 saturated carbocycles. The van der Waals surface area contributed by atoms with Crippen LogP contribution in [0.1, 0.15) is 16.9 Å². The van der Waals surface area contributed by atoms with E-state index in [4.69, 9.17) is 9.15 Å². The molecule has 156 valence electrons. The van der Waals surface area contributed by atoms with E-state index in [9.17, 15) is 9.18 Å². The molecule has 0 spiro atoms. The Kier molecular flexibility index (Phi) is 6.28. The highest BCUT2D eigenvalue weighted by Crippen LogP contribution is 2.34. The standard InChI is InChI=1S/C23H18FN3O3S/c1-29-19-10-6-16(7-11-19)13-21-22(28)27(15-20-3-2-12-30-20)23(31-21)26-25-14-17-4-8-18(24)9-5-17/h2-14H,15H2,1H3/b21-13-,25-14+,26-23-.